The van der Waals surface area contributed by atoms with Crippen LogP contribution in [0.3, 0.4) is 0 Å². The lowest BCUT2D eigenvalue weighted by molar-refractivity contribution is 0.1000. The molecule has 0 saturated heterocycles. The molecule has 0 unspecified atom stereocenters. The molecule has 0 saturated carbocycles. The first kappa shape index (κ1) is 17.2. The molecule has 4 aromatic rings. The predicted molar refractivity (Wildman–Crippen MR) is 103 cm³/mol. The summed E-state index contributed by atoms with van der Waals surface area (Å²) >= 11 is 6.53. The minimum absolute atomic E-state index is 0.306. The molecule has 27 heavy (non-hydrogen) atoms. The quantitative estimate of drug-likeness (QED) is 0.568. The van der Waals surface area contributed by atoms with Crippen LogP contribution in [0.15, 0.2) is 66.9 Å². The molecule has 4 nitrogen and oxygen atoms in total. The van der Waals surface area contributed by atoms with E-state index < -0.39 is 5.91 Å². The third-order valence-corrected chi connectivity index (χ3v) is 4.75. The Morgan fingerprint density at radius 1 is 1.07 bits per heavy atom. The molecule has 0 radical (unpaired) electrons. The van der Waals surface area contributed by atoms with Gasteiger partial charge in [0.05, 0.1) is 10.5 Å². The summed E-state index contributed by atoms with van der Waals surface area (Å²) in [4.78, 5) is 11.4. The van der Waals surface area contributed by atoms with Crippen LogP contribution in [0, 0.1) is 5.82 Å². The van der Waals surface area contributed by atoms with E-state index in [2.05, 4.69) is 5.10 Å². The number of benzene rings is 2. The van der Waals surface area contributed by atoms with Crippen LogP contribution in [-0.4, -0.2) is 15.5 Å². The van der Waals surface area contributed by atoms with Gasteiger partial charge in [-0.05, 0) is 66.1 Å². The Morgan fingerprint density at radius 3 is 2.56 bits per heavy atom. The highest BCUT2D eigenvalue weighted by Gasteiger charge is 2.13. The molecule has 4 rings (SSSR count). The Balaban J connectivity index is 1.70. The molecule has 0 atom stereocenters. The van der Waals surface area contributed by atoms with Crippen LogP contribution in [0.4, 0.5) is 4.39 Å². The van der Waals surface area contributed by atoms with Crippen LogP contribution in [0.25, 0.3) is 16.8 Å². The number of carbonyl (C=O) groups excluding carboxylic acids is 1. The summed E-state index contributed by atoms with van der Waals surface area (Å²) in [6.45, 7) is 0. The van der Waals surface area contributed by atoms with E-state index in [1.54, 1.807) is 28.8 Å². The Labute approximate surface area is 160 Å². The number of pyridine rings is 1. The highest BCUT2D eigenvalue weighted by molar-refractivity contribution is 6.36. The zero-order valence-corrected chi connectivity index (χ0v) is 14.9. The fraction of sp³-hybridized carbons (Fsp3) is 0.0476. The molecule has 0 aliphatic heterocycles. The fourth-order valence-electron chi connectivity index (χ4n) is 3.03. The van der Waals surface area contributed by atoms with Gasteiger partial charge >= 0.3 is 0 Å². The van der Waals surface area contributed by atoms with Crippen molar-refractivity contribution in [2.45, 2.75) is 6.42 Å². The maximum absolute atomic E-state index is 13.2. The molecular weight excluding hydrogens is 365 g/mol. The van der Waals surface area contributed by atoms with Gasteiger partial charge in [0.25, 0.3) is 0 Å². The summed E-state index contributed by atoms with van der Waals surface area (Å²) in [5.41, 5.74) is 9.94. The van der Waals surface area contributed by atoms with Gasteiger partial charge in [0.2, 0.25) is 5.91 Å². The van der Waals surface area contributed by atoms with Crippen molar-refractivity contribution in [1.29, 1.82) is 0 Å². The lowest BCUT2D eigenvalue weighted by Gasteiger charge is -2.04. The number of primary amides is 1. The third-order valence-electron chi connectivity index (χ3n) is 4.38. The number of carbonyl (C=O) groups is 1. The van der Waals surface area contributed by atoms with Gasteiger partial charge in [0, 0.05) is 17.3 Å². The van der Waals surface area contributed by atoms with E-state index in [0.29, 0.717) is 22.7 Å². The van der Waals surface area contributed by atoms with Crippen LogP contribution < -0.4 is 5.73 Å². The second kappa shape index (κ2) is 6.85. The number of nitrogens with zero attached hydrogens (tertiary/aromatic N) is 2. The summed E-state index contributed by atoms with van der Waals surface area (Å²) in [5.74, 6) is -0.755. The third kappa shape index (κ3) is 3.41. The van der Waals surface area contributed by atoms with Crippen molar-refractivity contribution in [3.8, 4) is 11.3 Å². The van der Waals surface area contributed by atoms with Crippen LogP contribution >= 0.6 is 11.6 Å². The number of amides is 1. The van der Waals surface area contributed by atoms with E-state index in [-0.39, 0.29) is 5.82 Å². The molecule has 6 heteroatoms. The monoisotopic (exact) mass is 379 g/mol. The normalized spacial score (nSPS) is 11.0. The number of hydrogen-bond donors (Lipinski definition) is 1. The van der Waals surface area contributed by atoms with Crippen molar-refractivity contribution in [2.75, 3.05) is 0 Å². The zero-order valence-electron chi connectivity index (χ0n) is 14.2. The molecule has 0 spiro atoms. The lowest BCUT2D eigenvalue weighted by atomic mass is 10.0. The molecule has 2 aromatic carbocycles. The summed E-state index contributed by atoms with van der Waals surface area (Å²) in [6, 6.07) is 17.2. The first-order valence-corrected chi connectivity index (χ1v) is 8.70. The van der Waals surface area contributed by atoms with Crippen LogP contribution in [0.5, 0.6) is 0 Å². The van der Waals surface area contributed by atoms with Gasteiger partial charge in [0.1, 0.15) is 11.5 Å². The van der Waals surface area contributed by atoms with Crippen LogP contribution in [-0.2, 0) is 6.42 Å². The van der Waals surface area contributed by atoms with E-state index in [1.165, 1.54) is 12.1 Å². The molecular formula is C21H15ClFN3O. The van der Waals surface area contributed by atoms with Crippen molar-refractivity contribution in [3.63, 3.8) is 0 Å². The van der Waals surface area contributed by atoms with Crippen molar-refractivity contribution in [2.24, 2.45) is 5.73 Å². The molecule has 2 N–H and O–H groups in total. The molecule has 0 aliphatic rings. The highest BCUT2D eigenvalue weighted by atomic mass is 35.5. The summed E-state index contributed by atoms with van der Waals surface area (Å²) in [6.07, 6.45) is 2.46. The molecule has 2 aromatic heterocycles. The average Bonchev–Trinajstić information content (AvgIpc) is 2.99. The molecule has 1 amide bonds. The topological polar surface area (TPSA) is 60.4 Å². The SMILES string of the molecule is NC(=O)c1cccc(Cc2ccn3nc(-c4ccc(F)cc4)c(Cl)c3c2)c1. The van der Waals surface area contributed by atoms with Crippen molar-refractivity contribution < 1.29 is 9.18 Å². The second-order valence-electron chi connectivity index (χ2n) is 6.28. The van der Waals surface area contributed by atoms with Crippen LogP contribution in [0.2, 0.25) is 5.02 Å². The first-order valence-electron chi connectivity index (χ1n) is 8.33. The number of hydrogen-bond acceptors (Lipinski definition) is 2. The van der Waals surface area contributed by atoms with Gasteiger partial charge in [-0.2, -0.15) is 5.10 Å². The highest BCUT2D eigenvalue weighted by Crippen LogP contribution is 2.31. The molecule has 2 heterocycles. The molecule has 0 fully saturated rings. The zero-order chi connectivity index (χ0) is 19.0. The number of halogens is 2. The Bertz CT molecular complexity index is 1150. The molecule has 0 bridgehead atoms. The van der Waals surface area contributed by atoms with E-state index in [1.807, 2.05) is 30.5 Å². The largest absolute Gasteiger partial charge is 0.366 e. The number of rotatable bonds is 4. The summed E-state index contributed by atoms with van der Waals surface area (Å²) in [5, 5.41) is 5.01. The van der Waals surface area contributed by atoms with Gasteiger partial charge in [-0.1, -0.05) is 23.7 Å². The van der Waals surface area contributed by atoms with Crippen LogP contribution in [0.1, 0.15) is 21.5 Å². The number of aromatic nitrogens is 2. The fourth-order valence-corrected chi connectivity index (χ4v) is 3.32. The van der Waals surface area contributed by atoms with Gasteiger partial charge < -0.3 is 5.73 Å². The summed E-state index contributed by atoms with van der Waals surface area (Å²) in [7, 11) is 0. The van der Waals surface area contributed by atoms with Gasteiger partial charge in [-0.25, -0.2) is 8.91 Å². The average molecular weight is 380 g/mol. The van der Waals surface area contributed by atoms with E-state index >= 15 is 0 Å². The number of fused-ring (bicyclic) bond motifs is 1. The van der Waals surface area contributed by atoms with Gasteiger partial charge in [-0.3, -0.25) is 4.79 Å². The lowest BCUT2D eigenvalue weighted by Crippen LogP contribution is -2.11. The maximum Gasteiger partial charge on any atom is 0.248 e. The van der Waals surface area contributed by atoms with E-state index in [9.17, 15) is 9.18 Å². The second-order valence-corrected chi connectivity index (χ2v) is 6.65. The standard InChI is InChI=1S/C21H15ClFN3O/c22-19-18-12-14(10-13-2-1-3-16(11-13)21(24)27)8-9-26(18)25-20(19)15-4-6-17(23)7-5-15/h1-9,11-12H,10H2,(H2,24,27). The smallest absolute Gasteiger partial charge is 0.248 e. The Kier molecular flexibility index (Phi) is 4.38. The molecule has 134 valence electrons. The van der Waals surface area contributed by atoms with Gasteiger partial charge in [0.15, 0.2) is 0 Å². The van der Waals surface area contributed by atoms with Crippen molar-refractivity contribution in [3.05, 3.63) is 94.4 Å². The molecule has 0 aliphatic carbocycles. The minimum atomic E-state index is -0.449. The summed E-state index contributed by atoms with van der Waals surface area (Å²) < 4.78 is 14.9. The number of nitrogens with two attached hydrogens (primary N) is 1. The van der Waals surface area contributed by atoms with Gasteiger partial charge in [-0.15, -0.1) is 0 Å². The minimum Gasteiger partial charge on any atom is -0.366 e. The van der Waals surface area contributed by atoms with Crippen molar-refractivity contribution >= 4 is 23.0 Å². The Morgan fingerprint density at radius 2 is 1.81 bits per heavy atom. The first-order chi connectivity index (χ1) is 13.0. The maximum atomic E-state index is 13.2. The predicted octanol–water partition coefficient (Wildman–Crippen LogP) is 4.48. The van der Waals surface area contributed by atoms with Crippen molar-refractivity contribution in [1.82, 2.24) is 9.61 Å². The van der Waals surface area contributed by atoms with E-state index in [4.69, 9.17) is 17.3 Å². The van der Waals surface area contributed by atoms with E-state index in [0.717, 1.165) is 22.2 Å². The Hall–Kier alpha value is -3.18.